The summed E-state index contributed by atoms with van der Waals surface area (Å²) in [5.41, 5.74) is 11.3. The van der Waals surface area contributed by atoms with Crippen molar-refractivity contribution < 1.29 is 14.3 Å². The molecule has 0 spiro atoms. The molecule has 1 amide bonds. The third-order valence-electron chi connectivity index (χ3n) is 2.80. The molecule has 20 heavy (non-hydrogen) atoms. The number of carbonyl (C=O) groups excluding carboxylic acids is 2. The maximum atomic E-state index is 11.7. The highest BCUT2D eigenvalue weighted by molar-refractivity contribution is 7.19. The zero-order chi connectivity index (χ0) is 15.3. The lowest BCUT2D eigenvalue weighted by molar-refractivity contribution is 0.0603. The second kappa shape index (κ2) is 7.14. The van der Waals surface area contributed by atoms with Gasteiger partial charge in [-0.2, -0.15) is 0 Å². The number of nitrogen functional groups attached to an aromatic ring is 1. The van der Waals surface area contributed by atoms with E-state index in [-0.39, 0.29) is 16.1 Å². The van der Waals surface area contributed by atoms with Crippen LogP contribution in [-0.2, 0) is 4.74 Å². The van der Waals surface area contributed by atoms with Crippen LogP contribution < -0.4 is 16.8 Å². The van der Waals surface area contributed by atoms with Crippen molar-refractivity contribution in [1.29, 1.82) is 0 Å². The van der Waals surface area contributed by atoms with Crippen LogP contribution in [0.25, 0.3) is 0 Å². The van der Waals surface area contributed by atoms with Crippen LogP contribution in [0, 0.1) is 5.92 Å². The van der Waals surface area contributed by atoms with Crippen LogP contribution in [0.15, 0.2) is 0 Å². The van der Waals surface area contributed by atoms with Crippen molar-refractivity contribution in [3.8, 4) is 0 Å². The average molecular weight is 299 g/mol. The number of rotatable bonds is 7. The molecule has 0 unspecified atom stereocenters. The highest BCUT2D eigenvalue weighted by Gasteiger charge is 2.24. The molecule has 0 bridgehead atoms. The van der Waals surface area contributed by atoms with E-state index in [1.807, 2.05) is 0 Å². The van der Waals surface area contributed by atoms with E-state index < -0.39 is 11.9 Å². The lowest BCUT2D eigenvalue weighted by Crippen LogP contribution is -2.13. The molecular weight excluding hydrogens is 278 g/mol. The summed E-state index contributed by atoms with van der Waals surface area (Å²) in [6.45, 7) is 4.99. The monoisotopic (exact) mass is 299 g/mol. The highest BCUT2D eigenvalue weighted by atomic mass is 32.1. The van der Waals surface area contributed by atoms with E-state index in [4.69, 9.17) is 16.2 Å². The van der Waals surface area contributed by atoms with Gasteiger partial charge in [0.25, 0.3) is 5.91 Å². The lowest BCUT2D eigenvalue weighted by atomic mass is 10.1. The fraction of sp³-hybridized carbons (Fsp3) is 0.538. The number of thiophene rings is 1. The normalized spacial score (nSPS) is 10.6. The van der Waals surface area contributed by atoms with Crippen molar-refractivity contribution in [3.63, 3.8) is 0 Å². The van der Waals surface area contributed by atoms with Crippen LogP contribution in [0.1, 0.15) is 46.7 Å². The summed E-state index contributed by atoms with van der Waals surface area (Å²) in [5.74, 6) is -0.600. The van der Waals surface area contributed by atoms with Crippen LogP contribution in [0.5, 0.6) is 0 Å². The molecule has 0 aliphatic heterocycles. The summed E-state index contributed by atoms with van der Waals surface area (Å²) in [5, 5.41) is 3.66. The SMILES string of the molecule is COC(=O)c1c(NCCCC(C)C)sc(C(N)=O)c1N. The van der Waals surface area contributed by atoms with Gasteiger partial charge in [-0.05, 0) is 18.8 Å². The molecule has 0 saturated carbocycles. The van der Waals surface area contributed by atoms with Crippen molar-refractivity contribution in [2.75, 3.05) is 24.7 Å². The standard InChI is InChI=1S/C13H21N3O3S/c1-7(2)5-4-6-16-12-8(13(18)19-3)9(14)10(20-12)11(15)17/h7,16H,4-6,14H2,1-3H3,(H2,15,17). The Morgan fingerprint density at radius 3 is 2.55 bits per heavy atom. The topological polar surface area (TPSA) is 107 Å². The van der Waals surface area contributed by atoms with Crippen LogP contribution in [0.3, 0.4) is 0 Å². The number of primary amides is 1. The molecule has 0 saturated heterocycles. The van der Waals surface area contributed by atoms with Gasteiger partial charge in [0.1, 0.15) is 15.4 Å². The Morgan fingerprint density at radius 2 is 2.05 bits per heavy atom. The Bertz CT molecular complexity index is 497. The van der Waals surface area contributed by atoms with Crippen molar-refractivity contribution in [1.82, 2.24) is 0 Å². The van der Waals surface area contributed by atoms with E-state index in [9.17, 15) is 9.59 Å². The maximum Gasteiger partial charge on any atom is 0.343 e. The number of hydrogen-bond acceptors (Lipinski definition) is 6. The van der Waals surface area contributed by atoms with E-state index in [2.05, 4.69) is 19.2 Å². The maximum absolute atomic E-state index is 11.7. The molecule has 5 N–H and O–H groups in total. The van der Waals surface area contributed by atoms with E-state index in [0.29, 0.717) is 17.5 Å². The van der Waals surface area contributed by atoms with Crippen molar-refractivity contribution in [3.05, 3.63) is 10.4 Å². The Morgan fingerprint density at radius 1 is 1.40 bits per heavy atom. The molecule has 1 aromatic heterocycles. The third-order valence-corrected chi connectivity index (χ3v) is 3.98. The van der Waals surface area contributed by atoms with Gasteiger partial charge in [-0.1, -0.05) is 13.8 Å². The summed E-state index contributed by atoms with van der Waals surface area (Å²) < 4.78 is 4.69. The summed E-state index contributed by atoms with van der Waals surface area (Å²) >= 11 is 1.09. The second-order valence-electron chi connectivity index (χ2n) is 4.87. The minimum Gasteiger partial charge on any atom is -0.465 e. The quantitative estimate of drug-likeness (QED) is 0.527. The van der Waals surface area contributed by atoms with E-state index in [0.717, 1.165) is 24.2 Å². The Kier molecular flexibility index (Phi) is 5.82. The van der Waals surface area contributed by atoms with Crippen molar-refractivity contribution in [2.45, 2.75) is 26.7 Å². The summed E-state index contributed by atoms with van der Waals surface area (Å²) in [7, 11) is 1.27. The predicted octanol–water partition coefficient (Wildman–Crippen LogP) is 2.06. The predicted molar refractivity (Wildman–Crippen MR) is 81.2 cm³/mol. The summed E-state index contributed by atoms with van der Waals surface area (Å²) in [6, 6.07) is 0. The van der Waals surface area contributed by atoms with Crippen molar-refractivity contribution >= 4 is 33.9 Å². The number of anilines is 2. The smallest absolute Gasteiger partial charge is 0.343 e. The van der Waals surface area contributed by atoms with Crippen molar-refractivity contribution in [2.24, 2.45) is 11.7 Å². The molecule has 0 fully saturated rings. The molecule has 0 aliphatic carbocycles. The van der Waals surface area contributed by atoms with Crippen LogP contribution in [0.4, 0.5) is 10.7 Å². The minimum absolute atomic E-state index is 0.0840. The van der Waals surface area contributed by atoms with Gasteiger partial charge in [0.2, 0.25) is 0 Å². The number of nitrogens with two attached hydrogens (primary N) is 2. The first kappa shape index (κ1) is 16.3. The fourth-order valence-electron chi connectivity index (χ4n) is 1.77. The molecule has 0 aromatic carbocycles. The first-order valence-electron chi connectivity index (χ1n) is 6.42. The van der Waals surface area contributed by atoms with Gasteiger partial charge in [0, 0.05) is 6.54 Å². The molecule has 1 rings (SSSR count). The summed E-state index contributed by atoms with van der Waals surface area (Å²) in [6.07, 6.45) is 2.03. The van der Waals surface area contributed by atoms with Gasteiger partial charge < -0.3 is 21.5 Å². The van der Waals surface area contributed by atoms with Crippen LogP contribution in [0.2, 0.25) is 0 Å². The number of esters is 1. The molecule has 7 heteroatoms. The van der Waals surface area contributed by atoms with E-state index >= 15 is 0 Å². The largest absolute Gasteiger partial charge is 0.465 e. The number of ether oxygens (including phenoxy) is 1. The van der Waals surface area contributed by atoms with E-state index in [1.165, 1.54) is 7.11 Å². The Balaban J connectivity index is 2.90. The molecule has 6 nitrogen and oxygen atoms in total. The number of nitrogens with one attached hydrogen (secondary N) is 1. The van der Waals surface area contributed by atoms with Gasteiger partial charge >= 0.3 is 5.97 Å². The molecular formula is C13H21N3O3S. The first-order valence-corrected chi connectivity index (χ1v) is 7.24. The lowest BCUT2D eigenvalue weighted by Gasteiger charge is -2.08. The molecule has 0 radical (unpaired) electrons. The van der Waals surface area contributed by atoms with Gasteiger partial charge in [-0.15, -0.1) is 11.3 Å². The molecule has 1 heterocycles. The number of carbonyl (C=O) groups is 2. The molecule has 0 atom stereocenters. The van der Waals surface area contributed by atoms with Gasteiger partial charge in [-0.25, -0.2) is 4.79 Å². The molecule has 112 valence electrons. The van der Waals surface area contributed by atoms with Gasteiger partial charge in [0.15, 0.2) is 0 Å². The summed E-state index contributed by atoms with van der Waals surface area (Å²) in [4.78, 5) is 23.2. The van der Waals surface area contributed by atoms with Crippen LogP contribution in [-0.4, -0.2) is 25.5 Å². The Hall–Kier alpha value is -1.76. The fourth-order valence-corrected chi connectivity index (χ4v) is 2.75. The number of methoxy groups -OCH3 is 1. The number of amides is 1. The van der Waals surface area contributed by atoms with Gasteiger partial charge in [-0.3, -0.25) is 4.79 Å². The zero-order valence-electron chi connectivity index (χ0n) is 12.0. The highest BCUT2D eigenvalue weighted by Crippen LogP contribution is 2.36. The zero-order valence-corrected chi connectivity index (χ0v) is 12.8. The average Bonchev–Trinajstić information content (AvgIpc) is 2.71. The van der Waals surface area contributed by atoms with Crippen LogP contribution >= 0.6 is 11.3 Å². The van der Waals surface area contributed by atoms with Gasteiger partial charge in [0.05, 0.1) is 12.8 Å². The number of hydrogen-bond donors (Lipinski definition) is 3. The van der Waals surface area contributed by atoms with E-state index in [1.54, 1.807) is 0 Å². The second-order valence-corrected chi connectivity index (χ2v) is 5.89. The first-order chi connectivity index (χ1) is 9.38. The minimum atomic E-state index is -0.645. The molecule has 1 aromatic rings. The Labute approximate surface area is 122 Å². The molecule has 0 aliphatic rings. The third kappa shape index (κ3) is 3.86.